The van der Waals surface area contributed by atoms with Gasteiger partial charge in [-0.1, -0.05) is 37.0 Å². The first-order valence-corrected chi connectivity index (χ1v) is 11.8. The summed E-state index contributed by atoms with van der Waals surface area (Å²) in [7, 11) is 0. The molecule has 1 aliphatic carbocycles. The van der Waals surface area contributed by atoms with Crippen molar-refractivity contribution in [1.29, 1.82) is 0 Å². The number of hydrogen-bond acceptors (Lipinski definition) is 7. The monoisotopic (exact) mass is 465 g/mol. The van der Waals surface area contributed by atoms with Crippen LogP contribution in [0.1, 0.15) is 67.0 Å². The lowest BCUT2D eigenvalue weighted by Gasteiger charge is -2.32. The van der Waals surface area contributed by atoms with Crippen LogP contribution >= 0.6 is 0 Å². The average Bonchev–Trinajstić information content (AvgIpc) is 3.45. The van der Waals surface area contributed by atoms with Crippen LogP contribution in [0.4, 0.5) is 5.69 Å². The Hall–Kier alpha value is -3.49. The van der Waals surface area contributed by atoms with Crippen LogP contribution in [0.25, 0.3) is 11.3 Å². The number of carbonyl (C=O) groups excluding carboxylic acids is 2. The van der Waals surface area contributed by atoms with Crippen molar-refractivity contribution in [2.24, 2.45) is 11.8 Å². The fourth-order valence-electron chi connectivity index (χ4n) is 4.62. The predicted octanol–water partition coefficient (Wildman–Crippen LogP) is 4.47. The van der Waals surface area contributed by atoms with Gasteiger partial charge in [0.25, 0.3) is 5.91 Å². The van der Waals surface area contributed by atoms with Crippen LogP contribution in [-0.2, 0) is 11.2 Å². The van der Waals surface area contributed by atoms with E-state index in [-0.39, 0.29) is 17.7 Å². The van der Waals surface area contributed by atoms with E-state index in [9.17, 15) is 9.59 Å². The van der Waals surface area contributed by atoms with Crippen LogP contribution in [0.3, 0.4) is 0 Å². The summed E-state index contributed by atoms with van der Waals surface area (Å²) >= 11 is 0. The number of rotatable bonds is 7. The van der Waals surface area contributed by atoms with Gasteiger partial charge in [-0.3, -0.25) is 14.6 Å². The second kappa shape index (κ2) is 10.2. The number of carbonyl (C=O) groups is 2. The largest absolute Gasteiger partial charge is 0.364 e. The molecule has 1 atom stereocenters. The standard InChI is InChI=1S/C25H31N5O4/c1-5-20-19(13-33-30-20)24(31)28-23(17-8-6-14(2)7-9-17)25(32)27-18-10-11-21(26-12-18)22-15(3)29-34-16(22)4/h10-14,17,23H,5-9H2,1-4H3,(H,27,32)(H,28,31)/t14-,17-,23-/m0/s1. The highest BCUT2D eigenvalue weighted by Gasteiger charge is 2.33. The third-order valence-electron chi connectivity index (χ3n) is 6.65. The van der Waals surface area contributed by atoms with E-state index in [2.05, 4.69) is 32.9 Å². The van der Waals surface area contributed by atoms with Gasteiger partial charge in [0, 0.05) is 0 Å². The molecule has 2 amide bonds. The molecule has 2 N–H and O–H groups in total. The number of amides is 2. The molecule has 1 fully saturated rings. The van der Waals surface area contributed by atoms with Crippen molar-refractivity contribution in [3.05, 3.63) is 47.3 Å². The Kier molecular flexibility index (Phi) is 7.09. The van der Waals surface area contributed by atoms with E-state index in [4.69, 9.17) is 9.05 Å². The minimum Gasteiger partial charge on any atom is -0.364 e. The third kappa shape index (κ3) is 5.03. The highest BCUT2D eigenvalue weighted by atomic mass is 16.5. The van der Waals surface area contributed by atoms with Gasteiger partial charge in [0.15, 0.2) is 0 Å². The SMILES string of the molecule is CCc1nocc1C(=O)N[C@H](C(=O)Nc1ccc(-c2c(C)noc2C)nc1)[C@H]1CC[C@H](C)CC1. The number of nitrogens with one attached hydrogen (secondary N) is 2. The van der Waals surface area contributed by atoms with Crippen LogP contribution < -0.4 is 10.6 Å². The number of aryl methyl sites for hydroxylation is 3. The molecule has 3 heterocycles. The maximum atomic E-state index is 13.4. The molecule has 34 heavy (non-hydrogen) atoms. The Labute approximate surface area is 198 Å². The predicted molar refractivity (Wildman–Crippen MR) is 126 cm³/mol. The molecular weight excluding hydrogens is 434 g/mol. The maximum absolute atomic E-state index is 13.4. The van der Waals surface area contributed by atoms with Crippen molar-refractivity contribution in [2.75, 3.05) is 5.32 Å². The minimum atomic E-state index is -0.665. The summed E-state index contributed by atoms with van der Waals surface area (Å²) in [5.74, 6) is 0.774. The van der Waals surface area contributed by atoms with Crippen LogP contribution in [0.2, 0.25) is 0 Å². The molecule has 0 spiro atoms. The van der Waals surface area contributed by atoms with Gasteiger partial charge in [-0.25, -0.2) is 0 Å². The smallest absolute Gasteiger partial charge is 0.257 e. The summed E-state index contributed by atoms with van der Waals surface area (Å²) < 4.78 is 10.2. The minimum absolute atomic E-state index is 0.0552. The Bertz CT molecular complexity index is 1120. The maximum Gasteiger partial charge on any atom is 0.257 e. The van der Waals surface area contributed by atoms with Crippen LogP contribution in [0.5, 0.6) is 0 Å². The molecular formula is C25H31N5O4. The van der Waals surface area contributed by atoms with Crippen molar-refractivity contribution in [3.63, 3.8) is 0 Å². The van der Waals surface area contributed by atoms with E-state index < -0.39 is 6.04 Å². The summed E-state index contributed by atoms with van der Waals surface area (Å²) in [6.45, 7) is 7.83. The zero-order valence-corrected chi connectivity index (χ0v) is 20.1. The molecule has 0 radical (unpaired) electrons. The first-order chi connectivity index (χ1) is 16.4. The van der Waals surface area contributed by atoms with E-state index in [1.165, 1.54) is 6.26 Å². The Morgan fingerprint density at radius 1 is 1.15 bits per heavy atom. The van der Waals surface area contributed by atoms with E-state index in [0.29, 0.717) is 35.0 Å². The number of aromatic nitrogens is 3. The van der Waals surface area contributed by atoms with E-state index in [1.807, 2.05) is 26.8 Å². The lowest BCUT2D eigenvalue weighted by Crippen LogP contribution is -2.49. The summed E-state index contributed by atoms with van der Waals surface area (Å²) in [5, 5.41) is 13.7. The normalized spacial score (nSPS) is 18.9. The number of nitrogens with zero attached hydrogens (tertiary/aromatic N) is 3. The molecule has 3 aromatic heterocycles. The Morgan fingerprint density at radius 2 is 1.91 bits per heavy atom. The molecule has 3 aromatic rings. The summed E-state index contributed by atoms with van der Waals surface area (Å²) in [5.41, 5.74) is 3.84. The first-order valence-electron chi connectivity index (χ1n) is 11.8. The summed E-state index contributed by atoms with van der Waals surface area (Å²) in [4.78, 5) is 30.8. The van der Waals surface area contributed by atoms with Crippen molar-refractivity contribution < 1.29 is 18.6 Å². The quantitative estimate of drug-likeness (QED) is 0.528. The second-order valence-electron chi connectivity index (χ2n) is 9.12. The van der Waals surface area contributed by atoms with Crippen molar-refractivity contribution in [1.82, 2.24) is 20.6 Å². The fourth-order valence-corrected chi connectivity index (χ4v) is 4.62. The van der Waals surface area contributed by atoms with Crippen LogP contribution in [0.15, 0.2) is 33.6 Å². The molecule has 1 saturated carbocycles. The van der Waals surface area contributed by atoms with Gasteiger partial charge >= 0.3 is 0 Å². The van der Waals surface area contributed by atoms with Crippen LogP contribution in [0, 0.1) is 25.7 Å². The van der Waals surface area contributed by atoms with Gasteiger partial charge in [0.05, 0.1) is 34.5 Å². The van der Waals surface area contributed by atoms with Crippen molar-refractivity contribution in [3.8, 4) is 11.3 Å². The van der Waals surface area contributed by atoms with Gasteiger partial charge in [0.2, 0.25) is 5.91 Å². The van der Waals surface area contributed by atoms with Gasteiger partial charge in [-0.2, -0.15) is 0 Å². The van der Waals surface area contributed by atoms with Crippen LogP contribution in [-0.4, -0.2) is 33.2 Å². The summed E-state index contributed by atoms with van der Waals surface area (Å²) in [6.07, 6.45) is 7.34. The van der Waals surface area contributed by atoms with Gasteiger partial charge < -0.3 is 19.7 Å². The Balaban J connectivity index is 1.51. The molecule has 0 saturated heterocycles. The van der Waals surface area contributed by atoms with E-state index >= 15 is 0 Å². The molecule has 9 heteroatoms. The number of anilines is 1. The van der Waals surface area contributed by atoms with E-state index in [1.54, 1.807) is 12.3 Å². The van der Waals surface area contributed by atoms with Gasteiger partial charge in [-0.15, -0.1) is 0 Å². The molecule has 0 unspecified atom stereocenters. The zero-order valence-electron chi connectivity index (χ0n) is 20.1. The highest BCUT2D eigenvalue weighted by Crippen LogP contribution is 2.31. The molecule has 0 bridgehead atoms. The third-order valence-corrected chi connectivity index (χ3v) is 6.65. The number of hydrogen-bond donors (Lipinski definition) is 2. The molecule has 180 valence electrons. The summed E-state index contributed by atoms with van der Waals surface area (Å²) in [6, 6.07) is 2.95. The fraction of sp³-hybridized carbons (Fsp3) is 0.480. The molecule has 0 aliphatic heterocycles. The molecule has 1 aliphatic rings. The number of pyridine rings is 1. The molecule has 9 nitrogen and oxygen atoms in total. The molecule has 0 aromatic carbocycles. The molecule has 4 rings (SSSR count). The van der Waals surface area contributed by atoms with Crippen molar-refractivity contribution >= 4 is 17.5 Å². The zero-order chi connectivity index (χ0) is 24.2. The Morgan fingerprint density at radius 3 is 2.53 bits per heavy atom. The lowest BCUT2D eigenvalue weighted by atomic mass is 9.79. The lowest BCUT2D eigenvalue weighted by molar-refractivity contribution is -0.119. The topological polar surface area (TPSA) is 123 Å². The average molecular weight is 466 g/mol. The first kappa shape index (κ1) is 23.7. The van der Waals surface area contributed by atoms with Gasteiger partial charge in [0.1, 0.15) is 23.6 Å². The van der Waals surface area contributed by atoms with E-state index in [0.717, 1.165) is 42.6 Å². The highest BCUT2D eigenvalue weighted by molar-refractivity contribution is 6.01. The second-order valence-corrected chi connectivity index (χ2v) is 9.12. The van der Waals surface area contributed by atoms with Crippen molar-refractivity contribution in [2.45, 2.75) is 65.8 Å². The van der Waals surface area contributed by atoms with Gasteiger partial charge in [-0.05, 0) is 57.1 Å².